The molecule has 0 fully saturated rings. The van der Waals surface area contributed by atoms with Crippen molar-refractivity contribution in [1.82, 2.24) is 14.1 Å². The first kappa shape index (κ1) is 40.0. The topological polar surface area (TPSA) is 39.1 Å². The second kappa shape index (κ2) is 20.9. The lowest BCUT2D eigenvalue weighted by Gasteiger charge is -2.38. The van der Waals surface area contributed by atoms with E-state index >= 15 is 0 Å². The predicted molar refractivity (Wildman–Crippen MR) is 350 cm³/mol. The summed E-state index contributed by atoms with van der Waals surface area (Å²) in [5, 5.41) is 2.04. The monoisotopic (exact) mass is 1100 g/mol. The molecule has 0 saturated heterocycles. The van der Waals surface area contributed by atoms with Gasteiger partial charge in [0.2, 0.25) is 6.71 Å². The molecule has 1 aliphatic rings. The zero-order chi connectivity index (χ0) is 64.9. The molecule has 85 heavy (non-hydrogen) atoms. The second-order valence-corrected chi connectivity index (χ2v) is 20.8. The van der Waals surface area contributed by atoms with Crippen molar-refractivity contribution in [2.75, 3.05) is 4.90 Å². The number of imidazole rings is 1. The van der Waals surface area contributed by atoms with Crippen molar-refractivity contribution in [2.45, 2.75) is 0 Å². The van der Waals surface area contributed by atoms with Gasteiger partial charge in [0.25, 0.3) is 6.33 Å². The number of para-hydroxylation sites is 6. The van der Waals surface area contributed by atoms with Crippen LogP contribution in [0.1, 0.15) is 13.7 Å². The molecule has 12 aromatic carbocycles. The van der Waals surface area contributed by atoms with Gasteiger partial charge >= 0.3 is 0 Å². The summed E-state index contributed by atoms with van der Waals surface area (Å²) in [6, 6.07) is 78.5. The molecule has 0 radical (unpaired) electrons. The summed E-state index contributed by atoms with van der Waals surface area (Å²) in [5.74, 6) is 1.75. The van der Waals surface area contributed by atoms with Gasteiger partial charge in [0.15, 0.2) is 0 Å². The zero-order valence-corrected chi connectivity index (χ0v) is 45.5. The highest BCUT2D eigenvalue weighted by Gasteiger charge is 2.38. The van der Waals surface area contributed by atoms with Gasteiger partial charge < -0.3 is 9.64 Å². The maximum Gasteiger partial charge on any atom is 0.269 e. The Hall–Kier alpha value is -11.3. The Morgan fingerprint density at radius 2 is 0.976 bits per heavy atom. The number of anilines is 3. The molecule has 4 heterocycles. The van der Waals surface area contributed by atoms with Crippen molar-refractivity contribution < 1.29 is 23.0 Å². The molecule has 398 valence electrons. The van der Waals surface area contributed by atoms with Crippen LogP contribution >= 0.6 is 0 Å². The van der Waals surface area contributed by atoms with E-state index in [2.05, 4.69) is 174 Å². The van der Waals surface area contributed by atoms with Gasteiger partial charge in [-0.3, -0.25) is 13.7 Å². The number of hydrogen-bond donors (Lipinski definition) is 0. The minimum Gasteiger partial charge on any atom is -0.458 e. The molecule has 0 N–H and O–H groups in total. The molecule has 0 saturated carbocycles. The van der Waals surface area contributed by atoms with Crippen molar-refractivity contribution >= 4 is 73.0 Å². The zero-order valence-electron chi connectivity index (χ0n) is 55.5. The van der Waals surface area contributed by atoms with Crippen LogP contribution in [0, 0.1) is 6.33 Å². The quantitative estimate of drug-likeness (QED) is 0.0736. The van der Waals surface area contributed by atoms with Crippen LogP contribution in [0.15, 0.2) is 315 Å². The van der Waals surface area contributed by atoms with Gasteiger partial charge in [-0.05, 0) is 110 Å². The summed E-state index contributed by atoms with van der Waals surface area (Å²) < 4.78 is 101. The standard InChI is InChI=1S/C78H52BN5O/c1-5-24-54(25-6-1)62-35-22-36-63(55-26-7-2-8-27-55)77(62)79-68-39-14-17-42-71(68)83(72-43-18-15-40-69(72)79)59-48-49-80-76(51-59)84-70-41-16-13-34-66(70)67-47-46-61(52-75(67)84)85-60-33-21-32-58(50-60)81-53-82(74-45-20-19-44-73(74)81)78-64(56-28-9-3-10-29-56)37-23-38-65(78)57-30-11-4-12-31-57/h1-52H/i3D,4D,9D,10D,11D,12D,28D,29D,30D,31D. The van der Waals surface area contributed by atoms with Crippen molar-refractivity contribution in [3.05, 3.63) is 322 Å². The van der Waals surface area contributed by atoms with Crippen LogP contribution < -0.4 is 30.6 Å². The molecule has 0 spiro atoms. The first-order valence-electron chi connectivity index (χ1n) is 33.1. The van der Waals surface area contributed by atoms with Crippen molar-refractivity contribution in [1.29, 1.82) is 0 Å². The fourth-order valence-corrected chi connectivity index (χ4v) is 12.5. The van der Waals surface area contributed by atoms with Crippen LogP contribution in [0.3, 0.4) is 0 Å². The van der Waals surface area contributed by atoms with Crippen LogP contribution in [0.4, 0.5) is 17.1 Å². The summed E-state index contributed by atoms with van der Waals surface area (Å²) in [5.41, 5.74) is 15.1. The molecule has 0 aliphatic carbocycles. The fourth-order valence-electron chi connectivity index (χ4n) is 12.5. The molecule has 0 amide bonds. The van der Waals surface area contributed by atoms with E-state index < -0.39 is 60.4 Å². The number of nitrogens with zero attached hydrogens (tertiary/aromatic N) is 5. The summed E-state index contributed by atoms with van der Waals surface area (Å²) in [6.45, 7) is -0.127. The highest BCUT2D eigenvalue weighted by atomic mass is 16.5. The summed E-state index contributed by atoms with van der Waals surface area (Å²) in [6.07, 6.45) is 5.36. The first-order valence-corrected chi connectivity index (χ1v) is 28.1. The Labute approximate surface area is 507 Å². The maximum absolute atomic E-state index is 9.13. The van der Waals surface area contributed by atoms with Gasteiger partial charge in [-0.2, -0.15) is 0 Å². The lowest BCUT2D eigenvalue weighted by Crippen LogP contribution is -2.58. The first-order chi connectivity index (χ1) is 46.3. The smallest absolute Gasteiger partial charge is 0.269 e. The molecule has 0 atom stereocenters. The van der Waals surface area contributed by atoms with Gasteiger partial charge in [-0.1, -0.05) is 248 Å². The van der Waals surface area contributed by atoms with Crippen molar-refractivity contribution in [2.24, 2.45) is 0 Å². The van der Waals surface area contributed by atoms with Crippen molar-refractivity contribution in [3.8, 4) is 73.2 Å². The lowest BCUT2D eigenvalue weighted by molar-refractivity contribution is -0.571. The number of fused-ring (bicyclic) bond motifs is 6. The number of hydrogen-bond acceptors (Lipinski definition) is 3. The van der Waals surface area contributed by atoms with Crippen LogP contribution in [-0.4, -0.2) is 20.8 Å². The van der Waals surface area contributed by atoms with Crippen molar-refractivity contribution in [3.63, 3.8) is 0 Å². The minimum atomic E-state index is -0.574. The van der Waals surface area contributed by atoms with E-state index in [9.17, 15) is 0 Å². The van der Waals surface area contributed by atoms with Gasteiger partial charge in [0.05, 0.1) is 52.8 Å². The van der Waals surface area contributed by atoms with Crippen LogP contribution in [0.25, 0.3) is 94.5 Å². The molecule has 6 nitrogen and oxygen atoms in total. The Kier molecular flexibility index (Phi) is 9.85. The Morgan fingerprint density at radius 3 is 1.65 bits per heavy atom. The highest BCUT2D eigenvalue weighted by molar-refractivity contribution is 6.99. The van der Waals surface area contributed by atoms with Gasteiger partial charge in [0, 0.05) is 40.5 Å². The Bertz CT molecular complexity index is 5390. The van der Waals surface area contributed by atoms with E-state index in [-0.39, 0.29) is 34.7 Å². The third-order valence-electron chi connectivity index (χ3n) is 16.1. The number of pyridine rings is 1. The highest BCUT2D eigenvalue weighted by Crippen LogP contribution is 2.41. The Balaban J connectivity index is 0.801. The molecular weight excluding hydrogens is 1030 g/mol. The maximum atomic E-state index is 9.13. The third-order valence-corrected chi connectivity index (χ3v) is 16.1. The fraction of sp³-hybridized carbons (Fsp3) is 0. The van der Waals surface area contributed by atoms with Crippen LogP contribution in [-0.2, 0) is 0 Å². The summed E-state index contributed by atoms with van der Waals surface area (Å²) in [7, 11) is 0. The van der Waals surface area contributed by atoms with E-state index in [4.69, 9.17) is 23.4 Å². The minimum absolute atomic E-state index is 0.127. The number of rotatable bonds is 11. The van der Waals surface area contributed by atoms with E-state index in [0.29, 0.717) is 34.0 Å². The van der Waals surface area contributed by atoms with E-state index in [1.165, 1.54) is 27.5 Å². The lowest BCUT2D eigenvalue weighted by atomic mass is 9.33. The molecule has 3 aromatic heterocycles. The molecule has 0 unspecified atom stereocenters. The largest absolute Gasteiger partial charge is 0.458 e. The number of benzene rings is 12. The van der Waals surface area contributed by atoms with Gasteiger partial charge in [0.1, 0.15) is 17.3 Å². The molecule has 1 aliphatic heterocycles. The molecular formula is C78H52BN5O. The van der Waals surface area contributed by atoms with Crippen LogP contribution in [0.5, 0.6) is 11.5 Å². The second-order valence-electron chi connectivity index (χ2n) is 20.8. The van der Waals surface area contributed by atoms with Gasteiger partial charge in [-0.15, -0.1) is 0 Å². The predicted octanol–water partition coefficient (Wildman–Crippen LogP) is 17.0. The van der Waals surface area contributed by atoms with E-state index in [1.807, 2.05) is 79.0 Å². The van der Waals surface area contributed by atoms with Gasteiger partial charge in [-0.25, -0.2) is 4.98 Å². The number of aromatic nitrogens is 4. The molecule has 7 heteroatoms. The summed E-state index contributed by atoms with van der Waals surface area (Å²) in [4.78, 5) is 7.50. The number of ether oxygens (including phenoxy) is 1. The SMILES string of the molecule is [2H]c1c([2H])c([2H])c(-c2cccc(-c3c([2H])c([2H])c([2H])c([2H])c3[2H])c2-[n+]2[c-]n(-c3cccc(Oc4ccc5c6ccccc6n(-c6cc(N7c8ccccc8B(c8c(-c9ccccc9)cccc8-c8ccccc8)c8ccccc87)ccn6)c5c4)c3)c3ccccc32)c([2H])c1[2H]. The van der Waals surface area contributed by atoms with E-state index in [0.717, 1.165) is 50.0 Å². The average Bonchev–Trinajstić information content (AvgIpc) is 1.11. The molecule has 16 rings (SSSR count). The summed E-state index contributed by atoms with van der Waals surface area (Å²) >= 11 is 0. The average molecular weight is 1100 g/mol. The normalized spacial score (nSPS) is 13.6. The Morgan fingerprint density at radius 1 is 0.424 bits per heavy atom. The van der Waals surface area contributed by atoms with Crippen LogP contribution in [0.2, 0.25) is 0 Å². The van der Waals surface area contributed by atoms with E-state index in [1.54, 1.807) is 27.3 Å². The molecule has 0 bridgehead atoms. The third kappa shape index (κ3) is 8.60. The molecule has 15 aromatic rings.